The zero-order valence-corrected chi connectivity index (χ0v) is 12.2. The van der Waals surface area contributed by atoms with Crippen LogP contribution in [0.15, 0.2) is 21.7 Å². The van der Waals surface area contributed by atoms with E-state index in [9.17, 15) is 19.5 Å². The van der Waals surface area contributed by atoms with Crippen molar-refractivity contribution in [3.8, 4) is 11.8 Å². The minimum Gasteiger partial charge on any atom is -0.505 e. The number of hydrogen-bond donors (Lipinski definition) is 2. The molecule has 0 aliphatic heterocycles. The molecule has 1 amide bonds. The van der Waals surface area contributed by atoms with Gasteiger partial charge in [0.2, 0.25) is 10.9 Å². The number of carbonyl (C=O) groups is 1. The molecule has 0 fully saturated rings. The fourth-order valence-electron chi connectivity index (χ4n) is 1.99. The van der Waals surface area contributed by atoms with Gasteiger partial charge in [-0.05, 0) is 19.1 Å². The first-order chi connectivity index (χ1) is 10.3. The number of anilines is 2. The van der Waals surface area contributed by atoms with Gasteiger partial charge in [0.25, 0.3) is 5.91 Å². The summed E-state index contributed by atoms with van der Waals surface area (Å²) in [6.45, 7) is 1.48. The topological polar surface area (TPSA) is 110 Å². The molecular weight excluding hydrogens is 286 g/mol. The molecule has 0 aliphatic carbocycles. The molecule has 2 rings (SSSR count). The van der Waals surface area contributed by atoms with Crippen LogP contribution >= 0.6 is 0 Å². The molecule has 0 spiro atoms. The van der Waals surface area contributed by atoms with Crippen LogP contribution < -0.4 is 16.2 Å². The van der Waals surface area contributed by atoms with E-state index in [1.165, 1.54) is 38.1 Å². The summed E-state index contributed by atoms with van der Waals surface area (Å²) in [5, 5.41) is 21.9. The van der Waals surface area contributed by atoms with E-state index in [4.69, 9.17) is 5.26 Å². The Balaban J connectivity index is 2.55. The second-order valence-corrected chi connectivity index (χ2v) is 5.01. The first-order valence-electron chi connectivity index (χ1n) is 6.33. The highest BCUT2D eigenvalue weighted by Gasteiger charge is 2.22. The number of nitriles is 1. The van der Waals surface area contributed by atoms with Crippen molar-refractivity contribution in [2.75, 3.05) is 19.4 Å². The Bertz CT molecular complexity index is 884. The van der Waals surface area contributed by atoms with Crippen LogP contribution in [0, 0.1) is 18.3 Å². The summed E-state index contributed by atoms with van der Waals surface area (Å²) in [5.41, 5.74) is -0.891. The van der Waals surface area contributed by atoms with Crippen LogP contribution in [0.2, 0.25) is 0 Å². The van der Waals surface area contributed by atoms with Crippen molar-refractivity contribution in [3.63, 3.8) is 0 Å². The molecule has 2 aromatic rings. The average Bonchev–Trinajstić information content (AvgIpc) is 2.51. The third-order valence-electron chi connectivity index (χ3n) is 3.28. The second-order valence-electron chi connectivity index (χ2n) is 5.01. The SMILES string of the molecule is Cc1c(Nc2cc(C#N)cc(C(=O)N(C)C)c2O)c(=O)c1=O. The van der Waals surface area contributed by atoms with E-state index in [0.29, 0.717) is 0 Å². The zero-order chi connectivity index (χ0) is 16.6. The average molecular weight is 299 g/mol. The molecule has 112 valence electrons. The Morgan fingerprint density at radius 2 is 1.91 bits per heavy atom. The molecule has 7 heteroatoms. The van der Waals surface area contributed by atoms with Gasteiger partial charge in [0.05, 0.1) is 28.6 Å². The Morgan fingerprint density at radius 1 is 1.27 bits per heavy atom. The van der Waals surface area contributed by atoms with Crippen LogP contribution in [-0.2, 0) is 0 Å². The van der Waals surface area contributed by atoms with Crippen molar-refractivity contribution < 1.29 is 9.90 Å². The van der Waals surface area contributed by atoms with Crippen molar-refractivity contribution >= 4 is 17.3 Å². The maximum atomic E-state index is 12.0. The van der Waals surface area contributed by atoms with Crippen molar-refractivity contribution in [1.29, 1.82) is 5.26 Å². The number of nitrogens with one attached hydrogen (secondary N) is 1. The molecule has 22 heavy (non-hydrogen) atoms. The summed E-state index contributed by atoms with van der Waals surface area (Å²) in [7, 11) is 3.02. The first kappa shape index (κ1) is 15.3. The summed E-state index contributed by atoms with van der Waals surface area (Å²) >= 11 is 0. The van der Waals surface area contributed by atoms with Gasteiger partial charge in [0.1, 0.15) is 0 Å². The van der Waals surface area contributed by atoms with Gasteiger partial charge in [-0.1, -0.05) is 0 Å². The number of phenolic OH excluding ortho intramolecular Hbond substituents is 1. The van der Waals surface area contributed by atoms with Gasteiger partial charge in [-0.15, -0.1) is 0 Å². The molecule has 0 saturated heterocycles. The van der Waals surface area contributed by atoms with E-state index >= 15 is 0 Å². The lowest BCUT2D eigenvalue weighted by molar-refractivity contribution is 0.0824. The molecule has 0 aromatic heterocycles. The Labute approximate surface area is 125 Å². The summed E-state index contributed by atoms with van der Waals surface area (Å²) in [4.78, 5) is 36.0. The Kier molecular flexibility index (Phi) is 3.70. The number of hydrogen-bond acceptors (Lipinski definition) is 6. The number of rotatable bonds is 3. The number of phenols is 1. The Morgan fingerprint density at radius 3 is 2.41 bits per heavy atom. The summed E-state index contributed by atoms with van der Waals surface area (Å²) in [5.74, 6) is -0.871. The molecule has 7 nitrogen and oxygen atoms in total. The van der Waals surface area contributed by atoms with Crippen molar-refractivity contribution in [2.45, 2.75) is 6.92 Å². The van der Waals surface area contributed by atoms with Gasteiger partial charge in [-0.25, -0.2) is 0 Å². The molecule has 0 radical (unpaired) electrons. The van der Waals surface area contributed by atoms with E-state index in [2.05, 4.69) is 5.32 Å². The largest absolute Gasteiger partial charge is 0.505 e. The lowest BCUT2D eigenvalue weighted by Crippen LogP contribution is -2.36. The maximum absolute atomic E-state index is 12.0. The highest BCUT2D eigenvalue weighted by atomic mass is 16.3. The number of amides is 1. The third kappa shape index (κ3) is 2.31. The van der Waals surface area contributed by atoms with Crippen LogP contribution in [-0.4, -0.2) is 30.0 Å². The van der Waals surface area contributed by atoms with E-state index in [1.54, 1.807) is 0 Å². The van der Waals surface area contributed by atoms with Crippen LogP contribution in [0.25, 0.3) is 0 Å². The Hall–Kier alpha value is -3.14. The van der Waals surface area contributed by atoms with Gasteiger partial charge < -0.3 is 15.3 Å². The molecule has 0 saturated carbocycles. The van der Waals surface area contributed by atoms with E-state index in [-0.39, 0.29) is 33.8 Å². The van der Waals surface area contributed by atoms with Crippen molar-refractivity contribution in [1.82, 2.24) is 4.90 Å². The minimum atomic E-state index is -0.695. The summed E-state index contributed by atoms with van der Waals surface area (Å²) in [6.07, 6.45) is 0. The van der Waals surface area contributed by atoms with Gasteiger partial charge in [-0.2, -0.15) is 5.26 Å². The minimum absolute atomic E-state index is 0.0273. The molecule has 0 aliphatic rings. The van der Waals surface area contributed by atoms with Gasteiger partial charge >= 0.3 is 0 Å². The number of nitrogens with zero attached hydrogens (tertiary/aromatic N) is 2. The highest BCUT2D eigenvalue weighted by molar-refractivity contribution is 5.99. The predicted octanol–water partition coefficient (Wildman–Crippen LogP) is 0.614. The lowest BCUT2D eigenvalue weighted by Gasteiger charge is -2.16. The number of benzene rings is 1. The normalized spacial score (nSPS) is 10.3. The molecule has 0 bridgehead atoms. The van der Waals surface area contributed by atoms with E-state index in [1.807, 2.05) is 6.07 Å². The van der Waals surface area contributed by atoms with Crippen LogP contribution in [0.5, 0.6) is 5.75 Å². The molecule has 0 unspecified atom stereocenters. The number of carbonyl (C=O) groups excluding carboxylic acids is 1. The van der Waals surface area contributed by atoms with Crippen LogP contribution in [0.1, 0.15) is 21.5 Å². The second kappa shape index (κ2) is 5.33. The standard InChI is InChI=1S/C15H13N3O4/c1-7-11(14(21)12(7)19)17-10-5-8(6-16)4-9(13(10)20)15(22)18(2)3/h4-5,17,20H,1-3H3. The predicted molar refractivity (Wildman–Crippen MR) is 80.2 cm³/mol. The third-order valence-corrected chi connectivity index (χ3v) is 3.28. The van der Waals surface area contributed by atoms with Crippen LogP contribution in [0.3, 0.4) is 0 Å². The van der Waals surface area contributed by atoms with Crippen LogP contribution in [0.4, 0.5) is 11.4 Å². The van der Waals surface area contributed by atoms with Gasteiger partial charge in [-0.3, -0.25) is 14.4 Å². The monoisotopic (exact) mass is 299 g/mol. The maximum Gasteiger partial charge on any atom is 0.257 e. The molecular formula is C15H13N3O4. The smallest absolute Gasteiger partial charge is 0.257 e. The zero-order valence-electron chi connectivity index (χ0n) is 12.2. The van der Waals surface area contributed by atoms with Crippen molar-refractivity contribution in [2.24, 2.45) is 0 Å². The number of aromatic hydroxyl groups is 1. The van der Waals surface area contributed by atoms with Crippen molar-refractivity contribution in [3.05, 3.63) is 49.3 Å². The molecule has 2 N–H and O–H groups in total. The molecule has 0 heterocycles. The fourth-order valence-corrected chi connectivity index (χ4v) is 1.99. The van der Waals surface area contributed by atoms with Gasteiger partial charge in [0.15, 0.2) is 5.75 Å². The van der Waals surface area contributed by atoms with Gasteiger partial charge in [0, 0.05) is 19.7 Å². The summed E-state index contributed by atoms with van der Waals surface area (Å²) < 4.78 is 0. The molecule has 0 atom stereocenters. The van der Waals surface area contributed by atoms with E-state index in [0.717, 1.165) is 0 Å². The summed E-state index contributed by atoms with van der Waals surface area (Å²) in [6, 6.07) is 4.44. The quantitative estimate of drug-likeness (QED) is 0.634. The molecule has 2 aromatic carbocycles. The highest BCUT2D eigenvalue weighted by Crippen LogP contribution is 2.32. The lowest BCUT2D eigenvalue weighted by atomic mass is 10.0. The fraction of sp³-hybridized carbons (Fsp3) is 0.200. The first-order valence-corrected chi connectivity index (χ1v) is 6.33. The van der Waals surface area contributed by atoms with E-state index < -0.39 is 16.8 Å².